The van der Waals surface area contributed by atoms with Crippen LogP contribution in [0.2, 0.25) is 0 Å². The number of hydrogen-bond donors (Lipinski definition) is 2. The molecule has 2 N–H and O–H groups in total. The lowest BCUT2D eigenvalue weighted by Crippen LogP contribution is -2.38. The average Bonchev–Trinajstić information content (AvgIpc) is 2.48. The Bertz CT molecular complexity index is 598. The molecule has 0 aliphatic rings. The molecule has 0 fully saturated rings. The van der Waals surface area contributed by atoms with Crippen LogP contribution in [-0.2, 0) is 0 Å². The molecule has 1 aromatic carbocycles. The number of urea groups is 1. The lowest BCUT2D eigenvalue weighted by atomic mass is 10.0. The third kappa shape index (κ3) is 4.05. The normalized spacial score (nSPS) is 13.3. The molecule has 1 aromatic heterocycles. The molecular weight excluding hydrogens is 262 g/mol. The maximum Gasteiger partial charge on any atom is 0.315 e. The predicted octanol–water partition coefficient (Wildman–Crippen LogP) is 3.51. The van der Waals surface area contributed by atoms with Gasteiger partial charge in [-0.15, -0.1) is 0 Å². The predicted molar refractivity (Wildman–Crippen MR) is 83.9 cm³/mol. The van der Waals surface area contributed by atoms with Gasteiger partial charge < -0.3 is 10.6 Å². The van der Waals surface area contributed by atoms with Gasteiger partial charge in [-0.2, -0.15) is 0 Å². The molecule has 2 amide bonds. The molecule has 0 radical (unpaired) electrons. The number of carbonyl (C=O) groups excluding carboxylic acids is 1. The SMILES string of the molecule is Cc1ccccc1C(C)NC(=O)NC(C)c1ccccn1. The van der Waals surface area contributed by atoms with Crippen LogP contribution in [0, 0.1) is 6.92 Å². The van der Waals surface area contributed by atoms with E-state index in [1.54, 1.807) is 6.20 Å². The van der Waals surface area contributed by atoms with E-state index in [1.165, 1.54) is 5.56 Å². The summed E-state index contributed by atoms with van der Waals surface area (Å²) in [5.41, 5.74) is 3.14. The number of rotatable bonds is 4. The Morgan fingerprint density at radius 1 is 1.00 bits per heavy atom. The summed E-state index contributed by atoms with van der Waals surface area (Å²) in [6.45, 7) is 5.94. The molecule has 110 valence electrons. The van der Waals surface area contributed by atoms with E-state index in [1.807, 2.05) is 63.2 Å². The first kappa shape index (κ1) is 15.0. The van der Waals surface area contributed by atoms with Gasteiger partial charge in [0.05, 0.1) is 17.8 Å². The van der Waals surface area contributed by atoms with Gasteiger partial charge in [-0.25, -0.2) is 4.79 Å². The van der Waals surface area contributed by atoms with Crippen molar-refractivity contribution < 1.29 is 4.79 Å². The van der Waals surface area contributed by atoms with Crippen molar-refractivity contribution in [2.24, 2.45) is 0 Å². The van der Waals surface area contributed by atoms with Crippen molar-refractivity contribution in [2.45, 2.75) is 32.9 Å². The highest BCUT2D eigenvalue weighted by molar-refractivity contribution is 5.74. The fraction of sp³-hybridized carbons (Fsp3) is 0.294. The second kappa shape index (κ2) is 6.88. The fourth-order valence-electron chi connectivity index (χ4n) is 2.29. The van der Waals surface area contributed by atoms with Gasteiger partial charge in [0, 0.05) is 6.20 Å². The van der Waals surface area contributed by atoms with E-state index in [0.717, 1.165) is 11.3 Å². The smallest absolute Gasteiger partial charge is 0.315 e. The van der Waals surface area contributed by atoms with Gasteiger partial charge in [-0.05, 0) is 44.0 Å². The van der Waals surface area contributed by atoms with E-state index < -0.39 is 0 Å². The van der Waals surface area contributed by atoms with Crippen molar-refractivity contribution in [3.8, 4) is 0 Å². The molecule has 0 aliphatic heterocycles. The Labute approximate surface area is 125 Å². The molecule has 0 saturated heterocycles. The summed E-state index contributed by atoms with van der Waals surface area (Å²) >= 11 is 0. The summed E-state index contributed by atoms with van der Waals surface area (Å²) in [5.74, 6) is 0. The number of hydrogen-bond acceptors (Lipinski definition) is 2. The Balaban J connectivity index is 1.94. The molecule has 0 aliphatic carbocycles. The largest absolute Gasteiger partial charge is 0.332 e. The summed E-state index contributed by atoms with van der Waals surface area (Å²) in [7, 11) is 0. The number of aryl methyl sites for hydroxylation is 1. The second-order valence-corrected chi connectivity index (χ2v) is 5.17. The number of benzene rings is 1. The van der Waals surface area contributed by atoms with Gasteiger partial charge in [0.2, 0.25) is 0 Å². The van der Waals surface area contributed by atoms with Crippen molar-refractivity contribution in [3.63, 3.8) is 0 Å². The van der Waals surface area contributed by atoms with Gasteiger partial charge in [0.1, 0.15) is 0 Å². The zero-order chi connectivity index (χ0) is 15.2. The summed E-state index contributed by atoms with van der Waals surface area (Å²) in [6.07, 6.45) is 1.72. The van der Waals surface area contributed by atoms with Gasteiger partial charge in [-0.3, -0.25) is 4.98 Å². The Hall–Kier alpha value is -2.36. The van der Waals surface area contributed by atoms with E-state index in [-0.39, 0.29) is 18.1 Å². The molecule has 0 bridgehead atoms. The topological polar surface area (TPSA) is 54.0 Å². The van der Waals surface area contributed by atoms with E-state index >= 15 is 0 Å². The Morgan fingerprint density at radius 2 is 1.67 bits per heavy atom. The summed E-state index contributed by atoms with van der Waals surface area (Å²) in [6, 6.07) is 13.4. The molecule has 2 unspecified atom stereocenters. The van der Waals surface area contributed by atoms with Crippen molar-refractivity contribution in [3.05, 3.63) is 65.5 Å². The first-order chi connectivity index (χ1) is 10.1. The van der Waals surface area contributed by atoms with E-state index in [4.69, 9.17) is 0 Å². The summed E-state index contributed by atoms with van der Waals surface area (Å²) in [4.78, 5) is 16.3. The zero-order valence-corrected chi connectivity index (χ0v) is 12.6. The summed E-state index contributed by atoms with van der Waals surface area (Å²) in [5, 5.41) is 5.86. The lowest BCUT2D eigenvalue weighted by Gasteiger charge is -2.19. The number of pyridine rings is 1. The second-order valence-electron chi connectivity index (χ2n) is 5.17. The molecule has 2 aromatic rings. The average molecular weight is 283 g/mol. The minimum absolute atomic E-state index is 0.0397. The first-order valence-electron chi connectivity index (χ1n) is 7.11. The third-order valence-electron chi connectivity index (χ3n) is 3.48. The van der Waals surface area contributed by atoms with Crippen molar-refractivity contribution in [1.29, 1.82) is 0 Å². The maximum atomic E-state index is 12.1. The lowest BCUT2D eigenvalue weighted by molar-refractivity contribution is 0.234. The monoisotopic (exact) mass is 283 g/mol. The van der Waals surface area contributed by atoms with Gasteiger partial charge in [0.15, 0.2) is 0 Å². The number of nitrogens with one attached hydrogen (secondary N) is 2. The number of carbonyl (C=O) groups is 1. The third-order valence-corrected chi connectivity index (χ3v) is 3.48. The highest BCUT2D eigenvalue weighted by Gasteiger charge is 2.14. The molecule has 1 heterocycles. The van der Waals surface area contributed by atoms with Crippen LogP contribution in [0.25, 0.3) is 0 Å². The van der Waals surface area contributed by atoms with E-state index in [9.17, 15) is 4.79 Å². The number of nitrogens with zero attached hydrogens (tertiary/aromatic N) is 1. The number of amides is 2. The minimum Gasteiger partial charge on any atom is -0.332 e. The van der Waals surface area contributed by atoms with E-state index in [2.05, 4.69) is 15.6 Å². The highest BCUT2D eigenvalue weighted by atomic mass is 16.2. The molecule has 4 heteroatoms. The van der Waals surface area contributed by atoms with Crippen LogP contribution in [0.15, 0.2) is 48.7 Å². The van der Waals surface area contributed by atoms with E-state index in [0.29, 0.717) is 0 Å². The van der Waals surface area contributed by atoms with Crippen molar-refractivity contribution in [2.75, 3.05) is 0 Å². The zero-order valence-electron chi connectivity index (χ0n) is 12.6. The minimum atomic E-state index is -0.191. The number of aromatic nitrogens is 1. The van der Waals surface area contributed by atoms with Crippen LogP contribution in [0.1, 0.15) is 42.8 Å². The van der Waals surface area contributed by atoms with Gasteiger partial charge >= 0.3 is 6.03 Å². The Kier molecular flexibility index (Phi) is 4.93. The maximum absolute atomic E-state index is 12.1. The molecule has 4 nitrogen and oxygen atoms in total. The molecule has 0 saturated carbocycles. The highest BCUT2D eigenvalue weighted by Crippen LogP contribution is 2.16. The Morgan fingerprint density at radius 3 is 2.33 bits per heavy atom. The standard InChI is InChI=1S/C17H21N3O/c1-12-8-4-5-9-15(12)13(2)19-17(21)20-14(3)16-10-6-7-11-18-16/h4-11,13-14H,1-3H3,(H2,19,20,21). The quantitative estimate of drug-likeness (QED) is 0.902. The van der Waals surface area contributed by atoms with Crippen LogP contribution in [0.5, 0.6) is 0 Å². The first-order valence-corrected chi connectivity index (χ1v) is 7.11. The van der Waals surface area contributed by atoms with Crippen LogP contribution in [0.4, 0.5) is 4.79 Å². The molecule has 0 spiro atoms. The van der Waals surface area contributed by atoms with Crippen LogP contribution < -0.4 is 10.6 Å². The van der Waals surface area contributed by atoms with Gasteiger partial charge in [-0.1, -0.05) is 30.3 Å². The summed E-state index contributed by atoms with van der Waals surface area (Å²) < 4.78 is 0. The van der Waals surface area contributed by atoms with Crippen LogP contribution >= 0.6 is 0 Å². The fourth-order valence-corrected chi connectivity index (χ4v) is 2.29. The van der Waals surface area contributed by atoms with Crippen LogP contribution in [0.3, 0.4) is 0 Å². The van der Waals surface area contributed by atoms with Gasteiger partial charge in [0.25, 0.3) is 0 Å². The molecular formula is C17H21N3O. The van der Waals surface area contributed by atoms with Crippen molar-refractivity contribution in [1.82, 2.24) is 15.6 Å². The van der Waals surface area contributed by atoms with Crippen LogP contribution in [-0.4, -0.2) is 11.0 Å². The van der Waals surface area contributed by atoms with Crippen molar-refractivity contribution >= 4 is 6.03 Å². The molecule has 2 rings (SSSR count). The molecule has 2 atom stereocenters. The molecule has 21 heavy (non-hydrogen) atoms.